The Kier molecular flexibility index (Phi) is 4.46. The summed E-state index contributed by atoms with van der Waals surface area (Å²) >= 11 is 0. The minimum Gasteiger partial charge on any atom is -0.352 e. The van der Waals surface area contributed by atoms with E-state index >= 15 is 0 Å². The first-order chi connectivity index (χ1) is 11.4. The number of aromatic amines is 1. The van der Waals surface area contributed by atoms with Crippen LogP contribution >= 0.6 is 0 Å². The van der Waals surface area contributed by atoms with Crippen molar-refractivity contribution in [3.8, 4) is 0 Å². The maximum atomic E-state index is 12.2. The quantitative estimate of drug-likeness (QED) is 0.841. The van der Waals surface area contributed by atoms with E-state index < -0.39 is 0 Å². The zero-order chi connectivity index (χ0) is 17.3. The summed E-state index contributed by atoms with van der Waals surface area (Å²) in [6.45, 7) is 6.16. The predicted molar refractivity (Wildman–Crippen MR) is 87.7 cm³/mol. The number of hydrogen-bond acceptors (Lipinski definition) is 5. The Hall–Kier alpha value is -2.51. The number of nitrogens with one attached hydrogen (secondary N) is 2. The first-order valence-electron chi connectivity index (χ1n) is 8.18. The Morgan fingerprint density at radius 3 is 2.88 bits per heavy atom. The van der Waals surface area contributed by atoms with Gasteiger partial charge in [0, 0.05) is 36.7 Å². The Bertz CT molecular complexity index is 822. The fraction of sp³-hybridized carbons (Fsp3) is 0.562. The second-order valence-corrected chi connectivity index (χ2v) is 6.29. The average molecular weight is 330 g/mol. The molecule has 128 valence electrons. The molecule has 8 nitrogen and oxygen atoms in total. The van der Waals surface area contributed by atoms with Crippen molar-refractivity contribution in [2.24, 2.45) is 0 Å². The van der Waals surface area contributed by atoms with Crippen molar-refractivity contribution in [2.45, 2.75) is 59.0 Å². The minimum atomic E-state index is -0.157. The SMILES string of the molecule is Cc1nc(C)c(CCC(=O)N[C@H]2CCc3nnc(C)n3C2)c(=O)[nH]1. The third kappa shape index (κ3) is 3.37. The molecule has 1 atom stereocenters. The van der Waals surface area contributed by atoms with Gasteiger partial charge >= 0.3 is 0 Å². The molecule has 8 heteroatoms. The Morgan fingerprint density at radius 2 is 2.12 bits per heavy atom. The summed E-state index contributed by atoms with van der Waals surface area (Å²) in [7, 11) is 0. The number of rotatable bonds is 4. The van der Waals surface area contributed by atoms with Gasteiger partial charge in [0.05, 0.1) is 0 Å². The van der Waals surface area contributed by atoms with Gasteiger partial charge in [0.1, 0.15) is 17.5 Å². The van der Waals surface area contributed by atoms with Gasteiger partial charge in [0.2, 0.25) is 5.91 Å². The van der Waals surface area contributed by atoms with Crippen LogP contribution in [0.15, 0.2) is 4.79 Å². The standard InChI is InChI=1S/C16H22N6O2/c1-9-13(16(24)18-10(2)17-9)5-7-15(23)19-12-4-6-14-21-20-11(3)22(14)8-12/h12H,4-8H2,1-3H3,(H,19,23)(H,17,18,24)/t12-/m0/s1. The number of nitrogens with zero attached hydrogens (tertiary/aromatic N) is 4. The molecule has 0 spiro atoms. The van der Waals surface area contributed by atoms with E-state index in [1.807, 2.05) is 11.5 Å². The van der Waals surface area contributed by atoms with Crippen LogP contribution in [0.1, 0.15) is 41.6 Å². The fourth-order valence-corrected chi connectivity index (χ4v) is 3.16. The molecular weight excluding hydrogens is 308 g/mol. The Labute approximate surface area is 139 Å². The molecule has 1 aliphatic heterocycles. The van der Waals surface area contributed by atoms with Gasteiger partial charge in [-0.25, -0.2) is 4.98 Å². The summed E-state index contributed by atoms with van der Waals surface area (Å²) in [4.78, 5) is 31.1. The molecule has 2 N–H and O–H groups in total. The summed E-state index contributed by atoms with van der Waals surface area (Å²) in [6, 6.07) is 0.0789. The van der Waals surface area contributed by atoms with E-state index in [1.165, 1.54) is 0 Å². The van der Waals surface area contributed by atoms with E-state index in [2.05, 4.69) is 25.5 Å². The summed E-state index contributed by atoms with van der Waals surface area (Å²) < 4.78 is 2.05. The van der Waals surface area contributed by atoms with E-state index in [1.54, 1.807) is 13.8 Å². The van der Waals surface area contributed by atoms with Gasteiger partial charge in [0.25, 0.3) is 5.56 Å². The summed E-state index contributed by atoms with van der Waals surface area (Å²) in [5.41, 5.74) is 1.11. The van der Waals surface area contributed by atoms with Crippen LogP contribution in [-0.4, -0.2) is 36.7 Å². The van der Waals surface area contributed by atoms with Gasteiger partial charge in [-0.05, 0) is 33.6 Å². The lowest BCUT2D eigenvalue weighted by molar-refractivity contribution is -0.122. The molecule has 0 aromatic carbocycles. The summed E-state index contributed by atoms with van der Waals surface area (Å²) in [5.74, 6) is 2.39. The average Bonchev–Trinajstić information content (AvgIpc) is 2.87. The van der Waals surface area contributed by atoms with Gasteiger partial charge in [-0.3, -0.25) is 9.59 Å². The maximum absolute atomic E-state index is 12.2. The smallest absolute Gasteiger partial charge is 0.254 e. The topological polar surface area (TPSA) is 106 Å². The molecule has 0 fully saturated rings. The number of H-pyrrole nitrogens is 1. The van der Waals surface area contributed by atoms with Crippen LogP contribution in [0.2, 0.25) is 0 Å². The van der Waals surface area contributed by atoms with Crippen molar-refractivity contribution in [2.75, 3.05) is 0 Å². The second kappa shape index (κ2) is 6.54. The highest BCUT2D eigenvalue weighted by molar-refractivity contribution is 5.76. The van der Waals surface area contributed by atoms with E-state index in [9.17, 15) is 9.59 Å². The number of carbonyl (C=O) groups excluding carboxylic acids is 1. The third-order valence-corrected chi connectivity index (χ3v) is 4.44. The van der Waals surface area contributed by atoms with Crippen LogP contribution in [0.5, 0.6) is 0 Å². The number of carbonyl (C=O) groups is 1. The van der Waals surface area contributed by atoms with E-state index in [-0.39, 0.29) is 23.9 Å². The van der Waals surface area contributed by atoms with Crippen LogP contribution < -0.4 is 10.9 Å². The molecule has 2 aromatic rings. The molecule has 3 heterocycles. The van der Waals surface area contributed by atoms with Gasteiger partial charge in [0.15, 0.2) is 0 Å². The second-order valence-electron chi connectivity index (χ2n) is 6.29. The lowest BCUT2D eigenvalue weighted by Crippen LogP contribution is -2.41. The maximum Gasteiger partial charge on any atom is 0.254 e. The van der Waals surface area contributed by atoms with Crippen LogP contribution in [0.25, 0.3) is 0 Å². The van der Waals surface area contributed by atoms with Gasteiger partial charge in [-0.15, -0.1) is 10.2 Å². The highest BCUT2D eigenvalue weighted by Crippen LogP contribution is 2.14. The number of amides is 1. The highest BCUT2D eigenvalue weighted by atomic mass is 16.1. The molecule has 24 heavy (non-hydrogen) atoms. The normalized spacial score (nSPS) is 16.7. The lowest BCUT2D eigenvalue weighted by Gasteiger charge is -2.25. The number of aryl methyl sites for hydroxylation is 4. The van der Waals surface area contributed by atoms with Crippen molar-refractivity contribution in [1.29, 1.82) is 0 Å². The molecule has 0 bridgehead atoms. The fourth-order valence-electron chi connectivity index (χ4n) is 3.16. The van der Waals surface area contributed by atoms with Gasteiger partial charge in [-0.2, -0.15) is 0 Å². The lowest BCUT2D eigenvalue weighted by atomic mass is 10.1. The number of hydrogen-bond donors (Lipinski definition) is 2. The summed E-state index contributed by atoms with van der Waals surface area (Å²) in [6.07, 6.45) is 2.34. The van der Waals surface area contributed by atoms with Crippen LogP contribution in [0.3, 0.4) is 0 Å². The number of fused-ring (bicyclic) bond motifs is 1. The van der Waals surface area contributed by atoms with Gasteiger partial charge < -0.3 is 14.9 Å². The number of aromatic nitrogens is 5. The van der Waals surface area contributed by atoms with Gasteiger partial charge in [-0.1, -0.05) is 0 Å². The Balaban J connectivity index is 1.57. The molecule has 0 radical (unpaired) electrons. The van der Waals surface area contributed by atoms with Crippen LogP contribution in [0, 0.1) is 20.8 Å². The molecule has 1 aliphatic rings. The van der Waals surface area contributed by atoms with Crippen molar-refractivity contribution in [3.05, 3.63) is 39.1 Å². The third-order valence-electron chi connectivity index (χ3n) is 4.44. The van der Waals surface area contributed by atoms with Crippen molar-refractivity contribution in [1.82, 2.24) is 30.0 Å². The van der Waals surface area contributed by atoms with E-state index in [0.717, 1.165) is 24.5 Å². The summed E-state index contributed by atoms with van der Waals surface area (Å²) in [5, 5.41) is 11.2. The predicted octanol–water partition coefficient (Wildman–Crippen LogP) is 0.350. The first-order valence-corrected chi connectivity index (χ1v) is 8.18. The molecule has 0 unspecified atom stereocenters. The largest absolute Gasteiger partial charge is 0.352 e. The molecule has 0 aliphatic carbocycles. The molecule has 0 saturated carbocycles. The molecular formula is C16H22N6O2. The first kappa shape index (κ1) is 16.4. The van der Waals surface area contributed by atoms with E-state index in [4.69, 9.17) is 0 Å². The Morgan fingerprint density at radius 1 is 1.33 bits per heavy atom. The minimum absolute atomic E-state index is 0.0476. The van der Waals surface area contributed by atoms with Crippen LogP contribution in [-0.2, 0) is 24.2 Å². The monoisotopic (exact) mass is 330 g/mol. The molecule has 3 rings (SSSR count). The molecule has 2 aromatic heterocycles. The van der Waals surface area contributed by atoms with Crippen LogP contribution in [0.4, 0.5) is 0 Å². The highest BCUT2D eigenvalue weighted by Gasteiger charge is 2.22. The zero-order valence-electron chi connectivity index (χ0n) is 14.2. The van der Waals surface area contributed by atoms with Crippen molar-refractivity contribution < 1.29 is 4.79 Å². The zero-order valence-corrected chi connectivity index (χ0v) is 14.2. The van der Waals surface area contributed by atoms with Crippen molar-refractivity contribution in [3.63, 3.8) is 0 Å². The molecule has 1 amide bonds. The molecule has 0 saturated heterocycles. The van der Waals surface area contributed by atoms with Crippen molar-refractivity contribution >= 4 is 5.91 Å². The van der Waals surface area contributed by atoms with E-state index in [0.29, 0.717) is 30.0 Å².